The van der Waals surface area contributed by atoms with Crippen LogP contribution in [0.4, 0.5) is 10.8 Å². The molecule has 0 aliphatic carbocycles. The molecule has 126 valence electrons. The fourth-order valence-electron chi connectivity index (χ4n) is 2.87. The molecule has 0 radical (unpaired) electrons. The summed E-state index contributed by atoms with van der Waals surface area (Å²) < 4.78 is 1.87. The third-order valence-corrected chi connectivity index (χ3v) is 4.91. The summed E-state index contributed by atoms with van der Waals surface area (Å²) in [6, 6.07) is 20.1. The molecule has 7 heteroatoms. The summed E-state index contributed by atoms with van der Waals surface area (Å²) in [6.45, 7) is 0.545. The van der Waals surface area contributed by atoms with Crippen molar-refractivity contribution in [1.29, 1.82) is 0 Å². The first-order valence-electron chi connectivity index (χ1n) is 8.21. The van der Waals surface area contributed by atoms with Crippen molar-refractivity contribution in [2.24, 2.45) is 0 Å². The molecule has 3 aromatic heterocycles. The van der Waals surface area contributed by atoms with Crippen molar-refractivity contribution in [2.45, 2.75) is 6.54 Å². The largest absolute Gasteiger partial charge is 0.330 e. The molecular weight excluding hydrogens is 344 g/mol. The maximum atomic E-state index is 4.75. The minimum atomic E-state index is 0.545. The van der Waals surface area contributed by atoms with Crippen molar-refractivity contribution in [3.05, 3.63) is 71.9 Å². The van der Waals surface area contributed by atoms with Crippen LogP contribution in [-0.2, 0) is 6.54 Å². The van der Waals surface area contributed by atoms with Crippen LogP contribution in [0.1, 0.15) is 5.01 Å². The Morgan fingerprint density at radius 3 is 2.69 bits per heavy atom. The van der Waals surface area contributed by atoms with E-state index in [4.69, 9.17) is 4.98 Å². The molecule has 0 saturated heterocycles. The molecule has 5 aromatic rings. The lowest BCUT2D eigenvalue weighted by Gasteiger charge is -2.01. The number of anilines is 2. The van der Waals surface area contributed by atoms with E-state index in [1.807, 2.05) is 59.4 Å². The highest BCUT2D eigenvalue weighted by molar-refractivity contribution is 7.15. The maximum Gasteiger partial charge on any atom is 0.210 e. The van der Waals surface area contributed by atoms with E-state index in [-0.39, 0.29) is 0 Å². The number of nitrogens with one attached hydrogen (secondary N) is 1. The SMILES string of the molecule is c1ccc(Nc2nnc(Cn3ncc4cc5ccccc5nc43)s2)cc1. The molecular formula is C19H14N6S. The van der Waals surface area contributed by atoms with Crippen LogP contribution in [0.5, 0.6) is 0 Å². The highest BCUT2D eigenvalue weighted by Gasteiger charge is 2.10. The Morgan fingerprint density at radius 1 is 0.923 bits per heavy atom. The van der Waals surface area contributed by atoms with Gasteiger partial charge in [-0.25, -0.2) is 9.67 Å². The van der Waals surface area contributed by atoms with Crippen molar-refractivity contribution < 1.29 is 0 Å². The van der Waals surface area contributed by atoms with Gasteiger partial charge in [0, 0.05) is 16.5 Å². The number of pyridine rings is 1. The topological polar surface area (TPSA) is 68.5 Å². The number of para-hydroxylation sites is 2. The summed E-state index contributed by atoms with van der Waals surface area (Å²) in [7, 11) is 0. The lowest BCUT2D eigenvalue weighted by molar-refractivity contribution is 0.695. The van der Waals surface area contributed by atoms with Gasteiger partial charge in [0.1, 0.15) is 5.01 Å². The molecule has 0 saturated carbocycles. The van der Waals surface area contributed by atoms with Crippen LogP contribution in [0, 0.1) is 0 Å². The van der Waals surface area contributed by atoms with E-state index in [1.54, 1.807) is 0 Å². The third-order valence-electron chi connectivity index (χ3n) is 4.09. The van der Waals surface area contributed by atoms with Crippen LogP contribution < -0.4 is 5.32 Å². The Balaban J connectivity index is 1.43. The molecule has 0 bridgehead atoms. The van der Waals surface area contributed by atoms with Gasteiger partial charge < -0.3 is 5.32 Å². The van der Waals surface area contributed by atoms with E-state index in [0.29, 0.717) is 6.54 Å². The van der Waals surface area contributed by atoms with Crippen LogP contribution in [0.2, 0.25) is 0 Å². The van der Waals surface area contributed by atoms with Crippen LogP contribution in [0.15, 0.2) is 66.9 Å². The lowest BCUT2D eigenvalue weighted by atomic mass is 10.2. The van der Waals surface area contributed by atoms with E-state index < -0.39 is 0 Å². The summed E-state index contributed by atoms with van der Waals surface area (Å²) in [5.74, 6) is 0. The number of rotatable bonds is 4. The molecule has 5 rings (SSSR count). The number of aromatic nitrogens is 5. The van der Waals surface area contributed by atoms with E-state index in [0.717, 1.165) is 37.8 Å². The Kier molecular flexibility index (Phi) is 3.57. The van der Waals surface area contributed by atoms with Crippen molar-refractivity contribution in [2.75, 3.05) is 5.32 Å². The van der Waals surface area contributed by atoms with Crippen molar-refractivity contribution in [3.63, 3.8) is 0 Å². The number of nitrogens with zero attached hydrogens (tertiary/aromatic N) is 5. The van der Waals surface area contributed by atoms with Crippen LogP contribution in [0.3, 0.4) is 0 Å². The third kappa shape index (κ3) is 2.78. The quantitative estimate of drug-likeness (QED) is 0.521. The molecule has 2 aromatic carbocycles. The van der Waals surface area contributed by atoms with E-state index in [1.165, 1.54) is 11.3 Å². The van der Waals surface area contributed by atoms with Gasteiger partial charge in [0.2, 0.25) is 5.13 Å². The molecule has 6 nitrogen and oxygen atoms in total. The van der Waals surface area contributed by atoms with Gasteiger partial charge in [0.25, 0.3) is 0 Å². The highest BCUT2D eigenvalue weighted by atomic mass is 32.1. The summed E-state index contributed by atoms with van der Waals surface area (Å²) in [6.07, 6.45) is 1.85. The summed E-state index contributed by atoms with van der Waals surface area (Å²) in [5.41, 5.74) is 2.81. The van der Waals surface area contributed by atoms with E-state index >= 15 is 0 Å². The number of hydrogen-bond acceptors (Lipinski definition) is 6. The fourth-order valence-corrected chi connectivity index (χ4v) is 3.61. The molecule has 3 heterocycles. The predicted octanol–water partition coefficient (Wildman–Crippen LogP) is 4.23. The van der Waals surface area contributed by atoms with Gasteiger partial charge in [-0.2, -0.15) is 5.10 Å². The van der Waals surface area contributed by atoms with E-state index in [2.05, 4.69) is 32.7 Å². The molecule has 0 amide bonds. The second-order valence-corrected chi connectivity index (χ2v) is 6.95. The minimum absolute atomic E-state index is 0.545. The second-order valence-electron chi connectivity index (χ2n) is 5.89. The first kappa shape index (κ1) is 15.0. The Bertz CT molecular complexity index is 1190. The number of hydrogen-bond donors (Lipinski definition) is 1. The van der Waals surface area contributed by atoms with E-state index in [9.17, 15) is 0 Å². The summed E-state index contributed by atoms with van der Waals surface area (Å²) >= 11 is 1.52. The Hall–Kier alpha value is -3.32. The lowest BCUT2D eigenvalue weighted by Crippen LogP contribution is -2.02. The average molecular weight is 358 g/mol. The fraction of sp³-hybridized carbons (Fsp3) is 0.0526. The van der Waals surface area contributed by atoms with Gasteiger partial charge in [-0.1, -0.05) is 47.7 Å². The molecule has 0 aliphatic rings. The van der Waals surface area contributed by atoms with Crippen molar-refractivity contribution >= 4 is 44.1 Å². The second kappa shape index (κ2) is 6.20. The van der Waals surface area contributed by atoms with Crippen molar-refractivity contribution in [1.82, 2.24) is 25.0 Å². The monoisotopic (exact) mass is 358 g/mol. The molecule has 1 N–H and O–H groups in total. The molecule has 0 unspecified atom stereocenters. The van der Waals surface area contributed by atoms with Crippen LogP contribution in [0.25, 0.3) is 21.9 Å². The Morgan fingerprint density at radius 2 is 1.77 bits per heavy atom. The first-order chi connectivity index (χ1) is 12.8. The normalized spacial score (nSPS) is 11.2. The van der Waals surface area contributed by atoms with Gasteiger partial charge in [-0.3, -0.25) is 0 Å². The van der Waals surface area contributed by atoms with Gasteiger partial charge in [-0.05, 0) is 24.3 Å². The zero-order chi connectivity index (χ0) is 17.3. The molecule has 0 atom stereocenters. The maximum absolute atomic E-state index is 4.75. The van der Waals surface area contributed by atoms with Gasteiger partial charge >= 0.3 is 0 Å². The standard InChI is InChI=1S/C19H14N6S/c1-2-7-15(8-3-1)21-19-24-23-17(26-19)12-25-18-14(11-20-25)10-13-6-4-5-9-16(13)22-18/h1-11H,12H2,(H,21,24). The van der Waals surface area contributed by atoms with Crippen LogP contribution >= 0.6 is 11.3 Å². The summed E-state index contributed by atoms with van der Waals surface area (Å²) in [4.78, 5) is 4.75. The number of benzene rings is 2. The smallest absolute Gasteiger partial charge is 0.210 e. The average Bonchev–Trinajstić information content (AvgIpc) is 3.28. The summed E-state index contributed by atoms with van der Waals surface area (Å²) in [5, 5.41) is 20.0. The van der Waals surface area contributed by atoms with Gasteiger partial charge in [0.15, 0.2) is 5.65 Å². The Labute approximate surface area is 153 Å². The van der Waals surface area contributed by atoms with Crippen molar-refractivity contribution in [3.8, 4) is 0 Å². The molecule has 0 spiro atoms. The highest BCUT2D eigenvalue weighted by Crippen LogP contribution is 2.23. The van der Waals surface area contributed by atoms with Crippen LogP contribution in [-0.4, -0.2) is 25.0 Å². The van der Waals surface area contributed by atoms with Gasteiger partial charge in [0.05, 0.1) is 18.3 Å². The minimum Gasteiger partial charge on any atom is -0.330 e. The number of fused-ring (bicyclic) bond motifs is 2. The molecule has 0 fully saturated rings. The molecule has 26 heavy (non-hydrogen) atoms. The first-order valence-corrected chi connectivity index (χ1v) is 9.02. The zero-order valence-corrected chi connectivity index (χ0v) is 14.5. The zero-order valence-electron chi connectivity index (χ0n) is 13.7. The predicted molar refractivity (Wildman–Crippen MR) is 104 cm³/mol. The van der Waals surface area contributed by atoms with Gasteiger partial charge in [-0.15, -0.1) is 10.2 Å². The molecule has 0 aliphatic heterocycles.